The summed E-state index contributed by atoms with van der Waals surface area (Å²) in [4.78, 5) is 4.34. The maximum Gasteiger partial charge on any atom is 0.132 e. The Morgan fingerprint density at radius 3 is 2.89 bits per heavy atom. The molecule has 0 saturated heterocycles. The molecule has 18 heavy (non-hydrogen) atoms. The molecule has 3 nitrogen and oxygen atoms in total. The molecule has 92 valence electrons. The van der Waals surface area contributed by atoms with Crippen LogP contribution in [0.5, 0.6) is 0 Å². The molecule has 0 amide bonds. The lowest BCUT2D eigenvalue weighted by molar-refractivity contribution is 0.638. The van der Waals surface area contributed by atoms with E-state index in [9.17, 15) is 4.39 Å². The van der Waals surface area contributed by atoms with Crippen molar-refractivity contribution in [3.63, 3.8) is 0 Å². The molecule has 0 spiro atoms. The van der Waals surface area contributed by atoms with E-state index in [-0.39, 0.29) is 5.82 Å². The third kappa shape index (κ3) is 1.70. The molecule has 0 aliphatic heterocycles. The number of imidazole rings is 1. The van der Waals surface area contributed by atoms with Crippen molar-refractivity contribution in [2.45, 2.75) is 20.0 Å². The van der Waals surface area contributed by atoms with E-state index >= 15 is 0 Å². The molecule has 0 aliphatic rings. The minimum Gasteiger partial charge on any atom is -0.340 e. The van der Waals surface area contributed by atoms with Gasteiger partial charge in [0.2, 0.25) is 0 Å². The lowest BCUT2D eigenvalue weighted by atomic mass is 10.2. The Labute approximate surface area is 104 Å². The quantitative estimate of drug-likeness (QED) is 0.693. The van der Waals surface area contributed by atoms with Crippen LogP contribution in [0.2, 0.25) is 0 Å². The van der Waals surface area contributed by atoms with Crippen molar-refractivity contribution < 1.29 is 4.39 Å². The Bertz CT molecular complexity index is 681. The van der Waals surface area contributed by atoms with E-state index in [0.717, 1.165) is 17.9 Å². The molecule has 0 aliphatic carbocycles. The summed E-state index contributed by atoms with van der Waals surface area (Å²) in [7, 11) is 0. The van der Waals surface area contributed by atoms with Crippen LogP contribution in [0.1, 0.15) is 12.7 Å². The van der Waals surface area contributed by atoms with Crippen molar-refractivity contribution in [2.75, 3.05) is 0 Å². The largest absolute Gasteiger partial charge is 0.340 e. The van der Waals surface area contributed by atoms with E-state index in [1.807, 2.05) is 29.1 Å². The van der Waals surface area contributed by atoms with Gasteiger partial charge >= 0.3 is 0 Å². The smallest absolute Gasteiger partial charge is 0.132 e. The van der Waals surface area contributed by atoms with Gasteiger partial charge in [0.15, 0.2) is 0 Å². The molecular weight excluding hydrogens is 229 g/mol. The number of hydrogen-bond donors (Lipinski definition) is 0. The summed E-state index contributed by atoms with van der Waals surface area (Å²) in [6.45, 7) is 3.63. The zero-order chi connectivity index (χ0) is 12.5. The average molecular weight is 243 g/mol. The Balaban J connectivity index is 2.03. The van der Waals surface area contributed by atoms with Crippen LogP contribution in [0, 0.1) is 5.82 Å². The predicted molar refractivity (Wildman–Crippen MR) is 68.9 cm³/mol. The fourth-order valence-corrected chi connectivity index (χ4v) is 2.26. The lowest BCUT2D eigenvalue weighted by Gasteiger charge is -2.07. The summed E-state index contributed by atoms with van der Waals surface area (Å²) in [6, 6.07) is 6.96. The third-order valence-corrected chi connectivity index (χ3v) is 3.21. The number of benzene rings is 1. The van der Waals surface area contributed by atoms with E-state index in [0.29, 0.717) is 11.9 Å². The van der Waals surface area contributed by atoms with Crippen molar-refractivity contribution >= 4 is 10.9 Å². The first-order valence-corrected chi connectivity index (χ1v) is 6.03. The number of hydrogen-bond acceptors (Lipinski definition) is 1. The first-order chi connectivity index (χ1) is 8.79. The normalized spacial score (nSPS) is 11.2. The van der Waals surface area contributed by atoms with Gasteiger partial charge in [0.05, 0.1) is 12.1 Å². The summed E-state index contributed by atoms with van der Waals surface area (Å²) < 4.78 is 17.7. The van der Waals surface area contributed by atoms with Crippen molar-refractivity contribution in [2.24, 2.45) is 0 Å². The topological polar surface area (TPSA) is 22.8 Å². The molecule has 0 fully saturated rings. The van der Waals surface area contributed by atoms with Gasteiger partial charge in [-0.1, -0.05) is 6.07 Å². The summed E-state index contributed by atoms with van der Waals surface area (Å²) in [5.41, 5.74) is 0.903. The number of nitrogens with zero attached hydrogens (tertiary/aromatic N) is 3. The first kappa shape index (κ1) is 11.0. The zero-order valence-electron chi connectivity index (χ0n) is 10.2. The van der Waals surface area contributed by atoms with Gasteiger partial charge in [-0.3, -0.25) is 0 Å². The van der Waals surface area contributed by atoms with Gasteiger partial charge in [-0.05, 0) is 25.1 Å². The monoisotopic (exact) mass is 243 g/mol. The maximum atomic E-state index is 13.6. The first-order valence-electron chi connectivity index (χ1n) is 6.03. The number of fused-ring (bicyclic) bond motifs is 1. The molecule has 0 radical (unpaired) electrons. The highest BCUT2D eigenvalue weighted by Gasteiger charge is 2.07. The molecule has 4 heteroatoms. The minimum atomic E-state index is -0.176. The van der Waals surface area contributed by atoms with E-state index < -0.39 is 0 Å². The fraction of sp³-hybridized carbons (Fsp3) is 0.214. The van der Waals surface area contributed by atoms with Gasteiger partial charge in [0, 0.05) is 30.5 Å². The van der Waals surface area contributed by atoms with Gasteiger partial charge in [-0.15, -0.1) is 0 Å². The molecule has 0 N–H and O–H groups in total. The zero-order valence-corrected chi connectivity index (χ0v) is 10.2. The van der Waals surface area contributed by atoms with Crippen LogP contribution >= 0.6 is 0 Å². The van der Waals surface area contributed by atoms with Gasteiger partial charge in [-0.2, -0.15) is 0 Å². The Morgan fingerprint density at radius 1 is 1.17 bits per heavy atom. The van der Waals surface area contributed by atoms with Gasteiger partial charge in [-0.25, -0.2) is 9.37 Å². The Morgan fingerprint density at radius 2 is 2.06 bits per heavy atom. The van der Waals surface area contributed by atoms with Crippen molar-refractivity contribution in [1.82, 2.24) is 14.1 Å². The molecule has 3 aromatic rings. The summed E-state index contributed by atoms with van der Waals surface area (Å²) in [5.74, 6) is 0.810. The molecule has 0 atom stereocenters. The van der Waals surface area contributed by atoms with Crippen LogP contribution < -0.4 is 0 Å². The Hall–Kier alpha value is -2.10. The fourth-order valence-electron chi connectivity index (χ4n) is 2.26. The summed E-state index contributed by atoms with van der Waals surface area (Å²) in [6.07, 6.45) is 5.66. The summed E-state index contributed by atoms with van der Waals surface area (Å²) >= 11 is 0. The lowest BCUT2D eigenvalue weighted by Crippen LogP contribution is -2.06. The molecule has 2 heterocycles. The number of rotatable bonds is 3. The van der Waals surface area contributed by atoms with Crippen LogP contribution in [0.3, 0.4) is 0 Å². The van der Waals surface area contributed by atoms with Gasteiger partial charge in [0.25, 0.3) is 0 Å². The molecule has 0 unspecified atom stereocenters. The number of halogens is 1. The number of aryl methyl sites for hydroxylation is 1. The highest BCUT2D eigenvalue weighted by molar-refractivity contribution is 5.80. The van der Waals surface area contributed by atoms with Crippen LogP contribution in [-0.4, -0.2) is 14.1 Å². The van der Waals surface area contributed by atoms with E-state index in [4.69, 9.17) is 0 Å². The van der Waals surface area contributed by atoms with Crippen molar-refractivity contribution in [3.8, 4) is 0 Å². The van der Waals surface area contributed by atoms with Gasteiger partial charge in [0.1, 0.15) is 11.6 Å². The SMILES string of the molecule is CCn1ccnc1Cn1ccc2c(F)cccc21. The summed E-state index contributed by atoms with van der Waals surface area (Å²) in [5, 5.41) is 0.659. The maximum absolute atomic E-state index is 13.6. The van der Waals surface area contributed by atoms with Crippen molar-refractivity contribution in [3.05, 3.63) is 54.5 Å². The second-order valence-electron chi connectivity index (χ2n) is 4.25. The molecular formula is C14H14FN3. The minimum absolute atomic E-state index is 0.176. The van der Waals surface area contributed by atoms with Crippen molar-refractivity contribution in [1.29, 1.82) is 0 Å². The second-order valence-corrected chi connectivity index (χ2v) is 4.25. The molecule has 0 saturated carbocycles. The third-order valence-electron chi connectivity index (χ3n) is 3.21. The standard InChI is InChI=1S/C14H14FN3/c1-2-17-9-7-16-14(17)10-18-8-6-11-12(15)4-3-5-13(11)18/h3-9H,2,10H2,1H3. The second kappa shape index (κ2) is 4.29. The Kier molecular flexibility index (Phi) is 2.63. The molecule has 3 rings (SSSR count). The van der Waals surface area contributed by atoms with Crippen LogP contribution in [0.4, 0.5) is 4.39 Å². The van der Waals surface area contributed by atoms with Crippen LogP contribution in [0.25, 0.3) is 10.9 Å². The highest BCUT2D eigenvalue weighted by Crippen LogP contribution is 2.19. The molecule has 0 bridgehead atoms. The average Bonchev–Trinajstić information content (AvgIpc) is 2.98. The predicted octanol–water partition coefficient (Wildman–Crippen LogP) is 3.05. The van der Waals surface area contributed by atoms with Crippen LogP contribution in [-0.2, 0) is 13.1 Å². The van der Waals surface area contributed by atoms with E-state index in [1.165, 1.54) is 6.07 Å². The highest BCUT2D eigenvalue weighted by atomic mass is 19.1. The van der Waals surface area contributed by atoms with Gasteiger partial charge < -0.3 is 9.13 Å². The number of aromatic nitrogens is 3. The van der Waals surface area contributed by atoms with E-state index in [1.54, 1.807) is 12.3 Å². The molecule has 2 aromatic heterocycles. The molecule has 1 aromatic carbocycles. The van der Waals surface area contributed by atoms with Crippen LogP contribution in [0.15, 0.2) is 42.9 Å². The van der Waals surface area contributed by atoms with E-state index in [2.05, 4.69) is 16.5 Å².